The second-order valence-corrected chi connectivity index (χ2v) is 5.93. The standard InChI is InChI=1S/C16H21N3O2S/c1-12(18-16(20)8-9-22-3)13-10-17-19(11-13)14-4-6-15(21-2)7-5-14/h4-7,10-12H,8-9H2,1-3H3,(H,18,20)/t12-/m1/s1. The van der Waals surface area contributed by atoms with Gasteiger partial charge in [-0.05, 0) is 37.4 Å². The quantitative estimate of drug-likeness (QED) is 0.852. The lowest BCUT2D eigenvalue weighted by molar-refractivity contribution is -0.121. The summed E-state index contributed by atoms with van der Waals surface area (Å²) in [5, 5.41) is 7.34. The van der Waals surface area contributed by atoms with Crippen molar-refractivity contribution < 1.29 is 9.53 Å². The van der Waals surface area contributed by atoms with Gasteiger partial charge < -0.3 is 10.1 Å². The number of ether oxygens (including phenoxy) is 1. The van der Waals surface area contributed by atoms with E-state index in [2.05, 4.69) is 10.4 Å². The van der Waals surface area contributed by atoms with Crippen LogP contribution in [0.25, 0.3) is 5.69 Å². The number of hydrogen-bond donors (Lipinski definition) is 1. The first kappa shape index (κ1) is 16.4. The van der Waals surface area contributed by atoms with Crippen LogP contribution in [0.5, 0.6) is 5.75 Å². The molecule has 118 valence electrons. The largest absolute Gasteiger partial charge is 0.497 e. The minimum atomic E-state index is -0.0543. The van der Waals surface area contributed by atoms with E-state index in [0.29, 0.717) is 6.42 Å². The van der Waals surface area contributed by atoms with Gasteiger partial charge in [0, 0.05) is 23.9 Å². The Labute approximate surface area is 135 Å². The lowest BCUT2D eigenvalue weighted by atomic mass is 10.2. The Morgan fingerprint density at radius 2 is 2.14 bits per heavy atom. The highest BCUT2D eigenvalue weighted by Crippen LogP contribution is 2.17. The molecular weight excluding hydrogens is 298 g/mol. The Bertz CT molecular complexity index is 610. The first-order valence-electron chi connectivity index (χ1n) is 7.11. The summed E-state index contributed by atoms with van der Waals surface area (Å²) in [5.41, 5.74) is 1.93. The zero-order valence-electron chi connectivity index (χ0n) is 13.1. The summed E-state index contributed by atoms with van der Waals surface area (Å²) in [7, 11) is 1.64. The van der Waals surface area contributed by atoms with E-state index >= 15 is 0 Å². The molecule has 0 radical (unpaired) electrons. The van der Waals surface area contributed by atoms with Crippen LogP contribution in [0.3, 0.4) is 0 Å². The van der Waals surface area contributed by atoms with Crippen LogP contribution < -0.4 is 10.1 Å². The van der Waals surface area contributed by atoms with Gasteiger partial charge in [0.2, 0.25) is 5.91 Å². The first-order chi connectivity index (χ1) is 10.6. The number of methoxy groups -OCH3 is 1. The third-order valence-corrected chi connectivity index (χ3v) is 3.96. The van der Waals surface area contributed by atoms with Crippen molar-refractivity contribution >= 4 is 17.7 Å². The monoisotopic (exact) mass is 319 g/mol. The molecule has 0 aliphatic heterocycles. The van der Waals surface area contributed by atoms with Crippen LogP contribution in [-0.4, -0.2) is 34.8 Å². The summed E-state index contributed by atoms with van der Waals surface area (Å²) in [6.45, 7) is 1.96. The van der Waals surface area contributed by atoms with Gasteiger partial charge in [-0.25, -0.2) is 4.68 Å². The van der Waals surface area contributed by atoms with Gasteiger partial charge in [-0.15, -0.1) is 0 Å². The van der Waals surface area contributed by atoms with Gasteiger partial charge >= 0.3 is 0 Å². The van der Waals surface area contributed by atoms with Crippen LogP contribution >= 0.6 is 11.8 Å². The molecule has 22 heavy (non-hydrogen) atoms. The molecule has 1 aromatic heterocycles. The van der Waals surface area contributed by atoms with Crippen molar-refractivity contribution in [3.05, 3.63) is 42.2 Å². The molecule has 0 aliphatic carbocycles. The van der Waals surface area contributed by atoms with Crippen LogP contribution in [0.15, 0.2) is 36.7 Å². The van der Waals surface area contributed by atoms with Crippen molar-refractivity contribution in [2.45, 2.75) is 19.4 Å². The predicted octanol–water partition coefficient (Wildman–Crippen LogP) is 2.81. The van der Waals surface area contributed by atoms with Crippen molar-refractivity contribution in [2.24, 2.45) is 0 Å². The summed E-state index contributed by atoms with van der Waals surface area (Å²) >= 11 is 1.67. The Hall–Kier alpha value is -1.95. The van der Waals surface area contributed by atoms with Crippen LogP contribution in [0, 0.1) is 0 Å². The number of benzene rings is 1. The Balaban J connectivity index is 2.02. The fourth-order valence-corrected chi connectivity index (χ4v) is 2.42. The topological polar surface area (TPSA) is 56.1 Å². The Morgan fingerprint density at radius 1 is 1.41 bits per heavy atom. The van der Waals surface area contributed by atoms with E-state index in [1.54, 1.807) is 29.8 Å². The average molecular weight is 319 g/mol. The third-order valence-electron chi connectivity index (χ3n) is 3.35. The molecule has 0 bridgehead atoms. The third kappa shape index (κ3) is 4.27. The highest BCUT2D eigenvalue weighted by Gasteiger charge is 2.11. The maximum absolute atomic E-state index is 11.8. The van der Waals surface area contributed by atoms with E-state index in [-0.39, 0.29) is 11.9 Å². The number of thioether (sulfide) groups is 1. The number of aromatic nitrogens is 2. The number of carbonyl (C=O) groups excluding carboxylic acids is 1. The number of carbonyl (C=O) groups is 1. The molecule has 1 atom stereocenters. The van der Waals surface area contributed by atoms with Crippen molar-refractivity contribution in [3.8, 4) is 11.4 Å². The van der Waals surface area contributed by atoms with Gasteiger partial charge in [0.25, 0.3) is 0 Å². The van der Waals surface area contributed by atoms with Crippen molar-refractivity contribution in [2.75, 3.05) is 19.1 Å². The summed E-state index contributed by atoms with van der Waals surface area (Å²) in [5.74, 6) is 1.72. The minimum absolute atomic E-state index is 0.0543. The van der Waals surface area contributed by atoms with Gasteiger partial charge in [-0.1, -0.05) is 0 Å². The number of amides is 1. The number of hydrogen-bond acceptors (Lipinski definition) is 4. The van der Waals surface area contributed by atoms with Gasteiger partial charge in [0.15, 0.2) is 0 Å². The molecule has 1 N–H and O–H groups in total. The molecule has 5 nitrogen and oxygen atoms in total. The number of rotatable bonds is 7. The zero-order chi connectivity index (χ0) is 15.9. The second kappa shape index (κ2) is 7.89. The van der Waals surface area contributed by atoms with E-state index in [1.165, 1.54) is 0 Å². The lowest BCUT2D eigenvalue weighted by Crippen LogP contribution is -2.26. The molecule has 1 amide bonds. The van der Waals surface area contributed by atoms with E-state index < -0.39 is 0 Å². The molecule has 2 aromatic rings. The van der Waals surface area contributed by atoms with E-state index in [4.69, 9.17) is 4.74 Å². The van der Waals surface area contributed by atoms with E-state index in [0.717, 1.165) is 22.8 Å². The van der Waals surface area contributed by atoms with Crippen molar-refractivity contribution in [1.29, 1.82) is 0 Å². The Morgan fingerprint density at radius 3 is 2.77 bits per heavy atom. The van der Waals surface area contributed by atoms with Gasteiger partial charge in [-0.2, -0.15) is 16.9 Å². The summed E-state index contributed by atoms with van der Waals surface area (Å²) in [6.07, 6.45) is 6.25. The van der Waals surface area contributed by atoms with Crippen LogP contribution in [0.4, 0.5) is 0 Å². The molecule has 0 spiro atoms. The molecule has 1 heterocycles. The minimum Gasteiger partial charge on any atom is -0.497 e. The van der Waals surface area contributed by atoms with Gasteiger partial charge in [0.1, 0.15) is 5.75 Å². The zero-order valence-corrected chi connectivity index (χ0v) is 13.9. The molecule has 1 aromatic carbocycles. The summed E-state index contributed by atoms with van der Waals surface area (Å²) < 4.78 is 6.94. The molecule has 6 heteroatoms. The molecule has 0 fully saturated rings. The van der Waals surface area contributed by atoms with E-state index in [9.17, 15) is 4.79 Å². The van der Waals surface area contributed by atoms with Crippen LogP contribution in [0.2, 0.25) is 0 Å². The highest BCUT2D eigenvalue weighted by atomic mass is 32.2. The lowest BCUT2D eigenvalue weighted by Gasteiger charge is -2.11. The first-order valence-corrected chi connectivity index (χ1v) is 8.50. The predicted molar refractivity (Wildman–Crippen MR) is 89.7 cm³/mol. The molecule has 0 aliphatic rings. The van der Waals surface area contributed by atoms with E-state index in [1.807, 2.05) is 43.6 Å². The van der Waals surface area contributed by atoms with Crippen LogP contribution in [0.1, 0.15) is 24.9 Å². The molecule has 0 saturated heterocycles. The summed E-state index contributed by atoms with van der Waals surface area (Å²) in [6, 6.07) is 7.62. The fourth-order valence-electron chi connectivity index (χ4n) is 2.03. The van der Waals surface area contributed by atoms with Gasteiger partial charge in [0.05, 0.1) is 25.0 Å². The van der Waals surface area contributed by atoms with Crippen LogP contribution in [-0.2, 0) is 4.79 Å². The fraction of sp³-hybridized carbons (Fsp3) is 0.375. The number of nitrogens with zero attached hydrogens (tertiary/aromatic N) is 2. The van der Waals surface area contributed by atoms with Crippen molar-refractivity contribution in [3.63, 3.8) is 0 Å². The van der Waals surface area contributed by atoms with Crippen molar-refractivity contribution in [1.82, 2.24) is 15.1 Å². The molecule has 2 rings (SSSR count). The molecular formula is C16H21N3O2S. The number of nitrogens with one attached hydrogen (secondary N) is 1. The highest BCUT2D eigenvalue weighted by molar-refractivity contribution is 7.98. The molecule has 0 unspecified atom stereocenters. The average Bonchev–Trinajstić information content (AvgIpc) is 3.03. The SMILES string of the molecule is COc1ccc(-n2cc([C@@H](C)NC(=O)CCSC)cn2)cc1. The molecule has 0 saturated carbocycles. The maximum atomic E-state index is 11.8. The second-order valence-electron chi connectivity index (χ2n) is 4.95. The smallest absolute Gasteiger partial charge is 0.221 e. The normalized spacial score (nSPS) is 12.0. The maximum Gasteiger partial charge on any atom is 0.221 e. The van der Waals surface area contributed by atoms with Gasteiger partial charge in [-0.3, -0.25) is 4.79 Å². The summed E-state index contributed by atoms with van der Waals surface area (Å²) in [4.78, 5) is 11.8. The Kier molecular flexibility index (Phi) is 5.89.